The van der Waals surface area contributed by atoms with Crippen LogP contribution in [0.15, 0.2) is 5.16 Å². The summed E-state index contributed by atoms with van der Waals surface area (Å²) in [6.07, 6.45) is 3.04. The van der Waals surface area contributed by atoms with Gasteiger partial charge >= 0.3 is 5.97 Å². The summed E-state index contributed by atoms with van der Waals surface area (Å²) in [5.74, 6) is 0.455. The smallest absolute Gasteiger partial charge is 0.341 e. The Labute approximate surface area is 184 Å². The zero-order chi connectivity index (χ0) is 21.7. The minimum atomic E-state index is -0.411. The van der Waals surface area contributed by atoms with Gasteiger partial charge in [-0.25, -0.2) is 4.79 Å². The van der Waals surface area contributed by atoms with Crippen LogP contribution >= 0.6 is 23.1 Å². The van der Waals surface area contributed by atoms with Gasteiger partial charge in [0.15, 0.2) is 5.16 Å². The second kappa shape index (κ2) is 10.4. The molecular weight excluding hydrogens is 424 g/mol. The van der Waals surface area contributed by atoms with E-state index in [0.717, 1.165) is 42.1 Å². The van der Waals surface area contributed by atoms with Crippen molar-refractivity contribution in [1.29, 1.82) is 0 Å². The summed E-state index contributed by atoms with van der Waals surface area (Å²) in [5, 5.41) is 12.6. The zero-order valence-electron chi connectivity index (χ0n) is 17.8. The number of amides is 1. The molecule has 2 aromatic heterocycles. The highest BCUT2D eigenvalue weighted by Crippen LogP contribution is 2.33. The largest absolute Gasteiger partial charge is 0.462 e. The second-order valence-electron chi connectivity index (χ2n) is 7.04. The van der Waals surface area contributed by atoms with E-state index in [1.54, 1.807) is 6.92 Å². The monoisotopic (exact) mass is 452 g/mol. The van der Waals surface area contributed by atoms with Crippen LogP contribution in [0.25, 0.3) is 0 Å². The number of anilines is 1. The van der Waals surface area contributed by atoms with Crippen molar-refractivity contribution in [3.63, 3.8) is 0 Å². The number of hydrogen-bond acceptors (Lipinski definition) is 8. The van der Waals surface area contributed by atoms with Gasteiger partial charge < -0.3 is 19.4 Å². The molecule has 1 atom stereocenters. The van der Waals surface area contributed by atoms with Crippen molar-refractivity contribution in [3.05, 3.63) is 21.8 Å². The van der Waals surface area contributed by atoms with Crippen LogP contribution in [0.2, 0.25) is 0 Å². The van der Waals surface area contributed by atoms with Gasteiger partial charge in [-0.15, -0.1) is 21.5 Å². The third-order valence-electron chi connectivity index (χ3n) is 4.97. The first-order valence-electron chi connectivity index (χ1n) is 10.2. The quantitative estimate of drug-likeness (QED) is 0.459. The number of carbonyl (C=O) groups excluding carboxylic acids is 2. The predicted molar refractivity (Wildman–Crippen MR) is 117 cm³/mol. The third-order valence-corrected chi connectivity index (χ3v) is 7.06. The van der Waals surface area contributed by atoms with Crippen molar-refractivity contribution >= 4 is 40.0 Å². The van der Waals surface area contributed by atoms with Gasteiger partial charge in [0.2, 0.25) is 5.91 Å². The van der Waals surface area contributed by atoms with E-state index in [1.165, 1.54) is 23.1 Å². The van der Waals surface area contributed by atoms with Crippen LogP contribution in [0.3, 0.4) is 0 Å². The molecule has 164 valence electrons. The second-order valence-corrected chi connectivity index (χ2v) is 9.21. The molecule has 0 aromatic carbocycles. The number of thiophene rings is 1. The van der Waals surface area contributed by atoms with Crippen LogP contribution in [0.4, 0.5) is 5.00 Å². The van der Waals surface area contributed by atoms with Gasteiger partial charge in [0.25, 0.3) is 0 Å². The molecule has 1 aliphatic heterocycles. The van der Waals surface area contributed by atoms with Crippen molar-refractivity contribution in [3.8, 4) is 0 Å². The Kier molecular flexibility index (Phi) is 7.90. The first kappa shape index (κ1) is 22.8. The fourth-order valence-electron chi connectivity index (χ4n) is 3.32. The maximum absolute atomic E-state index is 12.6. The minimum Gasteiger partial charge on any atom is -0.462 e. The molecule has 10 heteroatoms. The van der Waals surface area contributed by atoms with Crippen LogP contribution in [0.1, 0.15) is 53.3 Å². The minimum absolute atomic E-state index is 0.170. The molecule has 0 bridgehead atoms. The maximum Gasteiger partial charge on any atom is 0.341 e. The summed E-state index contributed by atoms with van der Waals surface area (Å²) < 4.78 is 12.9. The number of nitrogens with zero attached hydrogens (tertiary/aromatic N) is 3. The Morgan fingerprint density at radius 2 is 2.13 bits per heavy atom. The lowest BCUT2D eigenvalue weighted by molar-refractivity contribution is -0.113. The predicted octanol–water partition coefficient (Wildman–Crippen LogP) is 3.61. The number of carbonyl (C=O) groups is 2. The fourth-order valence-corrected chi connectivity index (χ4v) is 5.15. The van der Waals surface area contributed by atoms with Crippen LogP contribution in [0.5, 0.6) is 0 Å². The SMILES string of the molecule is CCOC(=O)c1c(NC(=O)CSc2nnc(CC)n2CC2CCCO2)sc(C)c1C. The Balaban J connectivity index is 1.66. The molecule has 3 rings (SSSR count). The van der Waals surface area contributed by atoms with E-state index in [9.17, 15) is 9.59 Å². The van der Waals surface area contributed by atoms with E-state index in [2.05, 4.69) is 20.1 Å². The Hall–Kier alpha value is -1.91. The number of aromatic nitrogens is 3. The number of esters is 1. The lowest BCUT2D eigenvalue weighted by atomic mass is 10.1. The molecule has 3 heterocycles. The van der Waals surface area contributed by atoms with Gasteiger partial charge in [-0.3, -0.25) is 4.79 Å². The summed E-state index contributed by atoms with van der Waals surface area (Å²) in [4.78, 5) is 25.9. The number of thioether (sulfide) groups is 1. The molecule has 1 amide bonds. The van der Waals surface area contributed by atoms with Crippen LogP contribution in [-0.2, 0) is 27.2 Å². The van der Waals surface area contributed by atoms with E-state index in [4.69, 9.17) is 9.47 Å². The fraction of sp³-hybridized carbons (Fsp3) is 0.600. The number of hydrogen-bond donors (Lipinski definition) is 1. The first-order valence-corrected chi connectivity index (χ1v) is 12.0. The van der Waals surface area contributed by atoms with E-state index in [1.807, 2.05) is 20.8 Å². The van der Waals surface area contributed by atoms with Crippen molar-refractivity contribution in [1.82, 2.24) is 14.8 Å². The molecule has 8 nitrogen and oxygen atoms in total. The zero-order valence-corrected chi connectivity index (χ0v) is 19.5. The maximum atomic E-state index is 12.6. The summed E-state index contributed by atoms with van der Waals surface area (Å²) >= 11 is 2.73. The number of aryl methyl sites for hydroxylation is 2. The van der Waals surface area contributed by atoms with E-state index < -0.39 is 5.97 Å². The molecule has 30 heavy (non-hydrogen) atoms. The van der Waals surface area contributed by atoms with Crippen LogP contribution < -0.4 is 5.32 Å². The van der Waals surface area contributed by atoms with Crippen LogP contribution in [0, 0.1) is 13.8 Å². The van der Waals surface area contributed by atoms with Gasteiger partial charge in [0.1, 0.15) is 10.8 Å². The molecule has 0 saturated carbocycles. The van der Waals surface area contributed by atoms with E-state index in [0.29, 0.717) is 22.3 Å². The molecule has 2 aromatic rings. The van der Waals surface area contributed by atoms with E-state index in [-0.39, 0.29) is 24.4 Å². The highest BCUT2D eigenvalue weighted by atomic mass is 32.2. The number of nitrogens with one attached hydrogen (secondary N) is 1. The van der Waals surface area contributed by atoms with Crippen molar-refractivity contribution in [2.45, 2.75) is 64.8 Å². The van der Waals surface area contributed by atoms with Gasteiger partial charge in [-0.2, -0.15) is 0 Å². The Bertz CT molecular complexity index is 903. The molecule has 0 radical (unpaired) electrons. The van der Waals surface area contributed by atoms with Crippen molar-refractivity contribution in [2.75, 3.05) is 24.3 Å². The molecule has 1 fully saturated rings. The lowest BCUT2D eigenvalue weighted by Crippen LogP contribution is -2.19. The summed E-state index contributed by atoms with van der Waals surface area (Å²) in [5.41, 5.74) is 1.28. The molecule has 0 aliphatic carbocycles. The summed E-state index contributed by atoms with van der Waals surface area (Å²) in [6, 6.07) is 0. The number of rotatable bonds is 9. The van der Waals surface area contributed by atoms with Crippen LogP contribution in [-0.4, -0.2) is 51.7 Å². The highest BCUT2D eigenvalue weighted by molar-refractivity contribution is 7.99. The van der Waals surface area contributed by atoms with Gasteiger partial charge in [-0.1, -0.05) is 18.7 Å². The lowest BCUT2D eigenvalue weighted by Gasteiger charge is -2.14. The topological polar surface area (TPSA) is 95.3 Å². The molecule has 1 saturated heterocycles. The third kappa shape index (κ3) is 5.22. The van der Waals surface area contributed by atoms with Crippen molar-refractivity contribution in [2.24, 2.45) is 0 Å². The number of ether oxygens (including phenoxy) is 2. The first-order chi connectivity index (χ1) is 14.4. The Morgan fingerprint density at radius 3 is 2.80 bits per heavy atom. The average molecular weight is 453 g/mol. The van der Waals surface area contributed by atoms with Gasteiger partial charge in [0, 0.05) is 17.9 Å². The normalized spacial score (nSPS) is 16.1. The molecule has 0 spiro atoms. The van der Waals surface area contributed by atoms with E-state index >= 15 is 0 Å². The molecular formula is C20H28N4O4S2. The average Bonchev–Trinajstić information content (AvgIpc) is 3.42. The van der Waals surface area contributed by atoms with Gasteiger partial charge in [0.05, 0.1) is 30.6 Å². The summed E-state index contributed by atoms with van der Waals surface area (Å²) in [7, 11) is 0. The standard InChI is InChI=1S/C20H28N4O4S2/c1-5-15-22-23-20(24(15)10-14-8-7-9-28-14)29-11-16(25)21-18-17(19(26)27-6-2)12(3)13(4)30-18/h14H,5-11H2,1-4H3,(H,21,25). The highest BCUT2D eigenvalue weighted by Gasteiger charge is 2.23. The molecule has 1 aliphatic rings. The van der Waals surface area contributed by atoms with Crippen molar-refractivity contribution < 1.29 is 19.1 Å². The molecule has 1 unspecified atom stereocenters. The Morgan fingerprint density at radius 1 is 1.33 bits per heavy atom. The van der Waals surface area contributed by atoms with Gasteiger partial charge in [-0.05, 0) is 39.2 Å². The summed E-state index contributed by atoms with van der Waals surface area (Å²) in [6.45, 7) is 9.37. The molecule has 1 N–H and O–H groups in total.